The second-order valence-corrected chi connectivity index (χ2v) is 5.11. The lowest BCUT2D eigenvalue weighted by Gasteiger charge is -2.12. The molecule has 0 amide bonds. The van der Waals surface area contributed by atoms with E-state index < -0.39 is 6.10 Å². The van der Waals surface area contributed by atoms with Crippen molar-refractivity contribution >= 4 is 0 Å². The molecule has 0 aliphatic heterocycles. The summed E-state index contributed by atoms with van der Waals surface area (Å²) in [6.45, 7) is 4.97. The fourth-order valence-electron chi connectivity index (χ4n) is 2.05. The zero-order valence-electron chi connectivity index (χ0n) is 11.0. The van der Waals surface area contributed by atoms with Crippen LogP contribution >= 0.6 is 0 Å². The van der Waals surface area contributed by atoms with Gasteiger partial charge in [-0.1, -0.05) is 38.1 Å². The topological polar surface area (TPSA) is 38.0 Å². The molecule has 0 aliphatic carbocycles. The first-order valence-electron chi connectivity index (χ1n) is 6.38. The Morgan fingerprint density at radius 3 is 2.50 bits per heavy atom. The molecule has 1 N–H and O–H groups in total. The Labute approximate surface area is 108 Å². The van der Waals surface area contributed by atoms with Gasteiger partial charge in [-0.3, -0.25) is 0 Å². The molecule has 0 bridgehead atoms. The van der Waals surface area contributed by atoms with Crippen LogP contribution in [-0.2, 0) is 13.0 Å². The van der Waals surface area contributed by atoms with Gasteiger partial charge < -0.3 is 9.67 Å². The van der Waals surface area contributed by atoms with Crippen molar-refractivity contribution in [2.24, 2.45) is 5.92 Å². The molecule has 0 fully saturated rings. The summed E-state index contributed by atoms with van der Waals surface area (Å²) < 4.78 is 1.88. The molecule has 1 heterocycles. The van der Waals surface area contributed by atoms with Crippen LogP contribution in [0.5, 0.6) is 0 Å². The molecule has 1 unspecified atom stereocenters. The van der Waals surface area contributed by atoms with Crippen LogP contribution < -0.4 is 0 Å². The van der Waals surface area contributed by atoms with E-state index in [-0.39, 0.29) is 0 Å². The third-order valence-electron chi connectivity index (χ3n) is 2.95. The molecular formula is C15H20N2O. The standard InChI is InChI=1S/C15H20N2O/c1-12(2)9-13-3-5-14(6-4-13)15(18)10-17-8-7-16-11-17/h3-8,11-12,15,18H,9-10H2,1-2H3. The summed E-state index contributed by atoms with van der Waals surface area (Å²) in [5, 5.41) is 10.1. The predicted molar refractivity (Wildman–Crippen MR) is 72.2 cm³/mol. The number of hydrogen-bond donors (Lipinski definition) is 1. The minimum Gasteiger partial charge on any atom is -0.387 e. The first-order chi connectivity index (χ1) is 8.65. The monoisotopic (exact) mass is 244 g/mol. The van der Waals surface area contributed by atoms with E-state index in [0.717, 1.165) is 12.0 Å². The van der Waals surface area contributed by atoms with Crippen molar-refractivity contribution in [3.05, 3.63) is 54.1 Å². The molecule has 96 valence electrons. The van der Waals surface area contributed by atoms with Gasteiger partial charge in [0.2, 0.25) is 0 Å². The van der Waals surface area contributed by atoms with Crippen molar-refractivity contribution in [3.63, 3.8) is 0 Å². The molecular weight excluding hydrogens is 224 g/mol. The van der Waals surface area contributed by atoms with Crippen molar-refractivity contribution in [3.8, 4) is 0 Å². The molecule has 3 nitrogen and oxygen atoms in total. The van der Waals surface area contributed by atoms with Gasteiger partial charge in [-0.15, -0.1) is 0 Å². The number of hydrogen-bond acceptors (Lipinski definition) is 2. The normalized spacial score (nSPS) is 12.9. The average molecular weight is 244 g/mol. The molecule has 2 aromatic rings. The third-order valence-corrected chi connectivity index (χ3v) is 2.95. The maximum atomic E-state index is 10.1. The molecule has 3 heteroatoms. The summed E-state index contributed by atoms with van der Waals surface area (Å²) in [6.07, 6.45) is 5.90. The molecule has 1 atom stereocenters. The lowest BCUT2D eigenvalue weighted by molar-refractivity contribution is 0.156. The Hall–Kier alpha value is -1.61. The summed E-state index contributed by atoms with van der Waals surface area (Å²) in [5.41, 5.74) is 2.28. The van der Waals surface area contributed by atoms with E-state index in [9.17, 15) is 5.11 Å². The zero-order valence-corrected chi connectivity index (χ0v) is 11.0. The number of aliphatic hydroxyl groups is 1. The fourth-order valence-corrected chi connectivity index (χ4v) is 2.05. The quantitative estimate of drug-likeness (QED) is 0.878. The Balaban J connectivity index is 2.00. The number of nitrogens with zero attached hydrogens (tertiary/aromatic N) is 2. The van der Waals surface area contributed by atoms with Crippen LogP contribution in [0.4, 0.5) is 0 Å². The van der Waals surface area contributed by atoms with E-state index in [1.165, 1.54) is 5.56 Å². The number of aromatic nitrogens is 2. The van der Waals surface area contributed by atoms with Crippen LogP contribution in [0.15, 0.2) is 43.0 Å². The van der Waals surface area contributed by atoms with Crippen molar-refractivity contribution in [1.82, 2.24) is 9.55 Å². The molecule has 0 saturated heterocycles. The van der Waals surface area contributed by atoms with E-state index in [2.05, 4.69) is 31.0 Å². The van der Waals surface area contributed by atoms with E-state index in [1.807, 2.05) is 22.9 Å². The molecule has 0 saturated carbocycles. The Morgan fingerprint density at radius 1 is 1.22 bits per heavy atom. The van der Waals surface area contributed by atoms with Gasteiger partial charge in [0.1, 0.15) is 0 Å². The first-order valence-corrected chi connectivity index (χ1v) is 6.38. The van der Waals surface area contributed by atoms with Crippen LogP contribution in [-0.4, -0.2) is 14.7 Å². The molecule has 18 heavy (non-hydrogen) atoms. The molecule has 0 radical (unpaired) electrons. The summed E-state index contributed by atoms with van der Waals surface area (Å²) in [7, 11) is 0. The van der Waals surface area contributed by atoms with Gasteiger partial charge in [0.05, 0.1) is 19.0 Å². The lowest BCUT2D eigenvalue weighted by Crippen LogP contribution is -2.07. The van der Waals surface area contributed by atoms with Crippen LogP contribution in [0.25, 0.3) is 0 Å². The first kappa shape index (κ1) is 12.8. The maximum Gasteiger partial charge on any atom is 0.0969 e. The molecule has 1 aromatic heterocycles. The van der Waals surface area contributed by atoms with E-state index in [0.29, 0.717) is 12.5 Å². The Kier molecular flexibility index (Phi) is 4.15. The van der Waals surface area contributed by atoms with Crippen LogP contribution in [0, 0.1) is 5.92 Å². The smallest absolute Gasteiger partial charge is 0.0969 e. The number of benzene rings is 1. The average Bonchev–Trinajstić information content (AvgIpc) is 2.82. The van der Waals surface area contributed by atoms with Gasteiger partial charge in [0, 0.05) is 12.4 Å². The number of aliphatic hydroxyl groups excluding tert-OH is 1. The lowest BCUT2D eigenvalue weighted by atomic mass is 10.0. The summed E-state index contributed by atoms with van der Waals surface area (Å²) in [4.78, 5) is 3.97. The van der Waals surface area contributed by atoms with Gasteiger partial charge in [-0.25, -0.2) is 4.98 Å². The predicted octanol–water partition coefficient (Wildman–Crippen LogP) is 2.82. The molecule has 1 aromatic carbocycles. The maximum absolute atomic E-state index is 10.1. The Morgan fingerprint density at radius 2 is 1.94 bits per heavy atom. The van der Waals surface area contributed by atoms with Gasteiger partial charge in [0.15, 0.2) is 0 Å². The summed E-state index contributed by atoms with van der Waals surface area (Å²) in [6, 6.07) is 8.23. The van der Waals surface area contributed by atoms with Crippen molar-refractivity contribution in [2.45, 2.75) is 32.9 Å². The van der Waals surface area contributed by atoms with Gasteiger partial charge in [0.25, 0.3) is 0 Å². The summed E-state index contributed by atoms with van der Waals surface area (Å²) in [5.74, 6) is 0.659. The summed E-state index contributed by atoms with van der Waals surface area (Å²) >= 11 is 0. The number of imidazole rings is 1. The fraction of sp³-hybridized carbons (Fsp3) is 0.400. The van der Waals surface area contributed by atoms with E-state index in [4.69, 9.17) is 0 Å². The van der Waals surface area contributed by atoms with E-state index >= 15 is 0 Å². The molecule has 0 aliphatic rings. The van der Waals surface area contributed by atoms with Crippen molar-refractivity contribution in [2.75, 3.05) is 0 Å². The van der Waals surface area contributed by atoms with Crippen LogP contribution in [0.1, 0.15) is 31.1 Å². The third kappa shape index (κ3) is 3.44. The van der Waals surface area contributed by atoms with Gasteiger partial charge in [-0.05, 0) is 23.5 Å². The highest BCUT2D eigenvalue weighted by Gasteiger charge is 2.08. The zero-order chi connectivity index (χ0) is 13.0. The van der Waals surface area contributed by atoms with Crippen molar-refractivity contribution < 1.29 is 5.11 Å². The van der Waals surface area contributed by atoms with Crippen LogP contribution in [0.2, 0.25) is 0 Å². The molecule has 2 rings (SSSR count). The van der Waals surface area contributed by atoms with E-state index in [1.54, 1.807) is 12.5 Å². The highest BCUT2D eigenvalue weighted by atomic mass is 16.3. The minimum absolute atomic E-state index is 0.479. The minimum atomic E-state index is -0.479. The largest absolute Gasteiger partial charge is 0.387 e. The second-order valence-electron chi connectivity index (χ2n) is 5.11. The highest BCUT2D eigenvalue weighted by molar-refractivity contribution is 5.24. The Bertz CT molecular complexity index is 460. The SMILES string of the molecule is CC(C)Cc1ccc(C(O)Cn2ccnc2)cc1. The number of rotatable bonds is 5. The van der Waals surface area contributed by atoms with Gasteiger partial charge >= 0.3 is 0 Å². The van der Waals surface area contributed by atoms with Crippen LogP contribution in [0.3, 0.4) is 0 Å². The van der Waals surface area contributed by atoms with Crippen molar-refractivity contribution in [1.29, 1.82) is 0 Å². The van der Waals surface area contributed by atoms with Gasteiger partial charge in [-0.2, -0.15) is 0 Å². The highest BCUT2D eigenvalue weighted by Crippen LogP contribution is 2.17. The molecule has 0 spiro atoms. The second kappa shape index (κ2) is 5.83.